The van der Waals surface area contributed by atoms with Gasteiger partial charge < -0.3 is 11.1 Å². The molecule has 0 fully saturated rings. The van der Waals surface area contributed by atoms with Crippen LogP contribution in [0.5, 0.6) is 0 Å². The number of benzene rings is 1. The Hall–Kier alpha value is -0.680. The molecule has 3 nitrogen and oxygen atoms in total. The van der Waals surface area contributed by atoms with E-state index in [9.17, 15) is 4.79 Å². The van der Waals surface area contributed by atoms with E-state index in [1.54, 1.807) is 0 Å². The summed E-state index contributed by atoms with van der Waals surface area (Å²) < 4.78 is 0.923. The third-order valence-corrected chi connectivity index (χ3v) is 5.07. The van der Waals surface area contributed by atoms with Gasteiger partial charge in [-0.2, -0.15) is 0 Å². The summed E-state index contributed by atoms with van der Waals surface area (Å²) in [5.41, 5.74) is 6.25. The molecule has 0 heterocycles. The minimum absolute atomic E-state index is 0.0561. The summed E-state index contributed by atoms with van der Waals surface area (Å²) in [5.74, 6) is 0.0561. The maximum absolute atomic E-state index is 12.1. The molecule has 106 valence electrons. The lowest BCUT2D eigenvalue weighted by molar-refractivity contribution is -0.121. The predicted molar refractivity (Wildman–Crippen MR) is 86.4 cm³/mol. The molecule has 0 aromatic heterocycles. The Bertz CT molecular complexity index is 463. The van der Waals surface area contributed by atoms with E-state index < -0.39 is 0 Å². The number of nitrogens with one attached hydrogen (secondary N) is 1. The fourth-order valence-electron chi connectivity index (χ4n) is 1.38. The summed E-state index contributed by atoms with van der Waals surface area (Å²) in [6.45, 7) is 8.03. The standard InChI is InChI=1S/C14H21BrN2OS/c1-5-14(3,4)17-13(18)9(2)19-12-7-6-10(16)8-11(12)15/h6-9H,5,16H2,1-4H3,(H,17,18). The van der Waals surface area contributed by atoms with Crippen LogP contribution in [0.2, 0.25) is 0 Å². The van der Waals surface area contributed by atoms with Crippen molar-refractivity contribution in [2.24, 2.45) is 0 Å². The van der Waals surface area contributed by atoms with Crippen molar-refractivity contribution in [1.82, 2.24) is 5.32 Å². The van der Waals surface area contributed by atoms with E-state index in [2.05, 4.69) is 28.2 Å². The SMILES string of the molecule is CCC(C)(C)NC(=O)C(C)Sc1ccc(N)cc1Br. The van der Waals surface area contributed by atoms with Gasteiger partial charge in [-0.3, -0.25) is 4.79 Å². The molecule has 0 saturated heterocycles. The van der Waals surface area contributed by atoms with Gasteiger partial charge in [0.2, 0.25) is 5.91 Å². The van der Waals surface area contributed by atoms with Crippen LogP contribution in [0, 0.1) is 0 Å². The van der Waals surface area contributed by atoms with E-state index in [1.807, 2.05) is 39.0 Å². The Labute approximate surface area is 127 Å². The molecule has 1 atom stereocenters. The molecule has 0 aliphatic rings. The molecule has 1 aromatic rings. The average Bonchev–Trinajstić information content (AvgIpc) is 2.32. The molecule has 0 radical (unpaired) electrons. The van der Waals surface area contributed by atoms with Gasteiger partial charge in [-0.05, 0) is 61.3 Å². The fraction of sp³-hybridized carbons (Fsp3) is 0.500. The molecule has 1 aromatic carbocycles. The van der Waals surface area contributed by atoms with Crippen LogP contribution in [-0.2, 0) is 4.79 Å². The molecule has 19 heavy (non-hydrogen) atoms. The second-order valence-electron chi connectivity index (χ2n) is 5.18. The third kappa shape index (κ3) is 5.07. The molecule has 0 saturated carbocycles. The number of carbonyl (C=O) groups excluding carboxylic acids is 1. The monoisotopic (exact) mass is 344 g/mol. The normalized spacial score (nSPS) is 13.1. The van der Waals surface area contributed by atoms with E-state index >= 15 is 0 Å². The Morgan fingerprint density at radius 1 is 1.53 bits per heavy atom. The summed E-state index contributed by atoms with van der Waals surface area (Å²) in [7, 11) is 0. The van der Waals surface area contributed by atoms with Crippen LogP contribution in [-0.4, -0.2) is 16.7 Å². The zero-order valence-electron chi connectivity index (χ0n) is 11.8. The van der Waals surface area contributed by atoms with Gasteiger partial charge in [0.15, 0.2) is 0 Å². The second kappa shape index (κ2) is 6.66. The molecule has 1 unspecified atom stereocenters. The van der Waals surface area contributed by atoms with Gasteiger partial charge in [0.25, 0.3) is 0 Å². The third-order valence-electron chi connectivity index (χ3n) is 2.97. The average molecular weight is 345 g/mol. The maximum Gasteiger partial charge on any atom is 0.233 e. The van der Waals surface area contributed by atoms with E-state index in [1.165, 1.54) is 11.8 Å². The van der Waals surface area contributed by atoms with E-state index in [4.69, 9.17) is 5.73 Å². The number of halogens is 1. The van der Waals surface area contributed by atoms with Crippen LogP contribution in [0.4, 0.5) is 5.69 Å². The van der Waals surface area contributed by atoms with Crippen molar-refractivity contribution in [2.75, 3.05) is 5.73 Å². The van der Waals surface area contributed by atoms with Gasteiger partial charge >= 0.3 is 0 Å². The number of anilines is 1. The molecular formula is C14H21BrN2OS. The highest BCUT2D eigenvalue weighted by Crippen LogP contribution is 2.32. The van der Waals surface area contributed by atoms with Crippen LogP contribution >= 0.6 is 27.7 Å². The lowest BCUT2D eigenvalue weighted by Gasteiger charge is -2.26. The minimum atomic E-state index is -0.162. The number of hydrogen-bond acceptors (Lipinski definition) is 3. The van der Waals surface area contributed by atoms with E-state index in [-0.39, 0.29) is 16.7 Å². The summed E-state index contributed by atoms with van der Waals surface area (Å²) in [6.07, 6.45) is 0.904. The maximum atomic E-state index is 12.1. The van der Waals surface area contributed by atoms with Gasteiger partial charge in [0.1, 0.15) is 0 Å². The molecule has 1 amide bonds. The van der Waals surface area contributed by atoms with Crippen molar-refractivity contribution in [3.05, 3.63) is 22.7 Å². The Morgan fingerprint density at radius 2 is 2.16 bits per heavy atom. The Morgan fingerprint density at radius 3 is 2.68 bits per heavy atom. The van der Waals surface area contributed by atoms with Crippen LogP contribution in [0.1, 0.15) is 34.1 Å². The first-order chi connectivity index (χ1) is 8.75. The molecule has 0 aliphatic carbocycles. The molecule has 0 aliphatic heterocycles. The van der Waals surface area contributed by atoms with Gasteiger partial charge in [-0.25, -0.2) is 0 Å². The lowest BCUT2D eigenvalue weighted by atomic mass is 10.0. The summed E-state index contributed by atoms with van der Waals surface area (Å²) in [4.78, 5) is 13.1. The summed E-state index contributed by atoms with van der Waals surface area (Å²) in [6, 6.07) is 5.62. The molecule has 3 N–H and O–H groups in total. The number of nitrogen functional groups attached to an aromatic ring is 1. The number of carbonyl (C=O) groups is 1. The number of nitrogens with two attached hydrogens (primary N) is 1. The van der Waals surface area contributed by atoms with Crippen LogP contribution < -0.4 is 11.1 Å². The van der Waals surface area contributed by atoms with Crippen LogP contribution in [0.3, 0.4) is 0 Å². The second-order valence-corrected chi connectivity index (χ2v) is 7.41. The number of hydrogen-bond donors (Lipinski definition) is 2. The Kier molecular flexibility index (Phi) is 5.74. The van der Waals surface area contributed by atoms with Crippen LogP contribution in [0.25, 0.3) is 0 Å². The van der Waals surface area contributed by atoms with Gasteiger partial charge in [0.05, 0.1) is 5.25 Å². The van der Waals surface area contributed by atoms with Crippen molar-refractivity contribution in [3.8, 4) is 0 Å². The smallest absolute Gasteiger partial charge is 0.233 e. The molecule has 0 spiro atoms. The Balaban J connectivity index is 2.69. The van der Waals surface area contributed by atoms with Crippen molar-refractivity contribution < 1.29 is 4.79 Å². The minimum Gasteiger partial charge on any atom is -0.399 e. The molecule has 5 heteroatoms. The van der Waals surface area contributed by atoms with Crippen molar-refractivity contribution in [1.29, 1.82) is 0 Å². The number of thioether (sulfide) groups is 1. The van der Waals surface area contributed by atoms with Gasteiger partial charge in [0, 0.05) is 20.6 Å². The first-order valence-electron chi connectivity index (χ1n) is 6.29. The fourth-order valence-corrected chi connectivity index (χ4v) is 2.92. The topological polar surface area (TPSA) is 55.1 Å². The number of amides is 1. The highest BCUT2D eigenvalue weighted by atomic mass is 79.9. The summed E-state index contributed by atoms with van der Waals surface area (Å²) in [5, 5.41) is 2.91. The van der Waals surface area contributed by atoms with Crippen molar-refractivity contribution in [2.45, 2.75) is 49.8 Å². The molecule has 0 bridgehead atoms. The predicted octanol–water partition coefficient (Wildman–Crippen LogP) is 3.82. The highest BCUT2D eigenvalue weighted by Gasteiger charge is 2.22. The highest BCUT2D eigenvalue weighted by molar-refractivity contribution is 9.10. The quantitative estimate of drug-likeness (QED) is 0.630. The molecular weight excluding hydrogens is 324 g/mol. The first kappa shape index (κ1) is 16.4. The van der Waals surface area contributed by atoms with E-state index in [0.29, 0.717) is 5.69 Å². The number of rotatable bonds is 5. The van der Waals surface area contributed by atoms with Crippen molar-refractivity contribution in [3.63, 3.8) is 0 Å². The largest absolute Gasteiger partial charge is 0.399 e. The zero-order valence-corrected chi connectivity index (χ0v) is 14.2. The molecule has 1 rings (SSSR count). The van der Waals surface area contributed by atoms with Gasteiger partial charge in [-0.15, -0.1) is 11.8 Å². The van der Waals surface area contributed by atoms with Gasteiger partial charge in [-0.1, -0.05) is 6.92 Å². The zero-order chi connectivity index (χ0) is 14.6. The van der Waals surface area contributed by atoms with E-state index in [0.717, 1.165) is 15.8 Å². The first-order valence-corrected chi connectivity index (χ1v) is 7.96. The van der Waals surface area contributed by atoms with Crippen molar-refractivity contribution >= 4 is 39.3 Å². The summed E-state index contributed by atoms with van der Waals surface area (Å²) >= 11 is 4.99. The van der Waals surface area contributed by atoms with Crippen LogP contribution in [0.15, 0.2) is 27.6 Å². The lowest BCUT2D eigenvalue weighted by Crippen LogP contribution is -2.46.